The summed E-state index contributed by atoms with van der Waals surface area (Å²) in [5.74, 6) is 0.831. The van der Waals surface area contributed by atoms with Gasteiger partial charge >= 0.3 is 0 Å². The Hall–Kier alpha value is -2.11. The van der Waals surface area contributed by atoms with Gasteiger partial charge in [0.1, 0.15) is 10.7 Å². The highest BCUT2D eigenvalue weighted by molar-refractivity contribution is 7.99. The van der Waals surface area contributed by atoms with Gasteiger partial charge in [-0.15, -0.1) is 5.10 Å². The number of amides is 1. The SMILES string of the molecule is Cc1nc(SCCNC(=O)CN(CCc2ccccc2)S(=O)(=O)c2cc(Cl)ccc2Cl)n[nH]1. The van der Waals surface area contributed by atoms with Crippen LogP contribution in [0, 0.1) is 6.92 Å². The molecule has 0 aliphatic carbocycles. The van der Waals surface area contributed by atoms with Crippen molar-refractivity contribution in [2.45, 2.75) is 23.4 Å². The number of carbonyl (C=O) groups excluding carboxylic acids is 1. The van der Waals surface area contributed by atoms with Gasteiger partial charge in [-0.2, -0.15) is 4.31 Å². The minimum absolute atomic E-state index is 0.0442. The van der Waals surface area contributed by atoms with Crippen molar-refractivity contribution in [1.29, 1.82) is 0 Å². The van der Waals surface area contributed by atoms with E-state index in [9.17, 15) is 13.2 Å². The van der Waals surface area contributed by atoms with E-state index in [0.29, 0.717) is 29.7 Å². The second-order valence-corrected chi connectivity index (χ2v) is 10.9. The van der Waals surface area contributed by atoms with Gasteiger partial charge in [0, 0.05) is 23.9 Å². The highest BCUT2D eigenvalue weighted by atomic mass is 35.5. The fraction of sp³-hybridized carbons (Fsp3) is 0.286. The molecule has 8 nitrogen and oxygen atoms in total. The van der Waals surface area contributed by atoms with Crippen molar-refractivity contribution in [3.8, 4) is 0 Å². The van der Waals surface area contributed by atoms with Gasteiger partial charge in [-0.25, -0.2) is 13.4 Å². The number of benzene rings is 2. The van der Waals surface area contributed by atoms with Crippen LogP contribution >= 0.6 is 35.0 Å². The van der Waals surface area contributed by atoms with Crippen LogP contribution in [0.25, 0.3) is 0 Å². The summed E-state index contributed by atoms with van der Waals surface area (Å²) in [4.78, 5) is 16.6. The molecule has 33 heavy (non-hydrogen) atoms. The van der Waals surface area contributed by atoms with E-state index in [-0.39, 0.29) is 28.0 Å². The molecule has 3 rings (SSSR count). The van der Waals surface area contributed by atoms with Gasteiger partial charge in [-0.05, 0) is 37.1 Å². The predicted octanol–water partition coefficient (Wildman–Crippen LogP) is 3.56. The van der Waals surface area contributed by atoms with Crippen LogP contribution in [0.5, 0.6) is 0 Å². The number of aryl methyl sites for hydroxylation is 1. The van der Waals surface area contributed by atoms with Crippen LogP contribution in [0.2, 0.25) is 10.0 Å². The number of sulfonamides is 1. The monoisotopic (exact) mass is 527 g/mol. The van der Waals surface area contributed by atoms with E-state index < -0.39 is 15.9 Å². The van der Waals surface area contributed by atoms with Crippen LogP contribution in [0.1, 0.15) is 11.4 Å². The molecule has 176 valence electrons. The Labute approximate surface area is 207 Å². The number of thioether (sulfide) groups is 1. The molecular weight excluding hydrogens is 505 g/mol. The van der Waals surface area contributed by atoms with Gasteiger partial charge in [-0.3, -0.25) is 9.89 Å². The number of carbonyl (C=O) groups is 1. The van der Waals surface area contributed by atoms with E-state index in [0.717, 1.165) is 9.87 Å². The van der Waals surface area contributed by atoms with Crippen LogP contribution < -0.4 is 5.32 Å². The summed E-state index contributed by atoms with van der Waals surface area (Å²) in [6, 6.07) is 13.7. The zero-order valence-corrected chi connectivity index (χ0v) is 20.9. The molecular formula is C21H23Cl2N5O3S2. The standard InChI is InChI=1S/C21H23Cl2N5O3S2/c1-15-25-21(27-26-15)32-12-10-24-20(29)14-28(11-9-16-5-3-2-4-6-16)33(30,31)19-13-17(22)7-8-18(19)23/h2-8,13H,9-12,14H2,1H3,(H,24,29)(H,25,26,27). The highest BCUT2D eigenvalue weighted by Gasteiger charge is 2.28. The van der Waals surface area contributed by atoms with Gasteiger partial charge in [0.25, 0.3) is 0 Å². The number of halogens is 2. The van der Waals surface area contributed by atoms with Crippen LogP contribution in [0.4, 0.5) is 0 Å². The van der Waals surface area contributed by atoms with E-state index in [1.54, 1.807) is 6.92 Å². The minimum atomic E-state index is -4.06. The number of nitrogens with one attached hydrogen (secondary N) is 2. The molecule has 0 spiro atoms. The van der Waals surface area contributed by atoms with Gasteiger partial charge in [-0.1, -0.05) is 65.3 Å². The molecule has 0 saturated carbocycles. The highest BCUT2D eigenvalue weighted by Crippen LogP contribution is 2.28. The van der Waals surface area contributed by atoms with Gasteiger partial charge in [0.15, 0.2) is 0 Å². The summed E-state index contributed by atoms with van der Waals surface area (Å²) < 4.78 is 27.8. The maximum absolute atomic E-state index is 13.4. The first-order valence-corrected chi connectivity index (χ1v) is 13.2. The van der Waals surface area contributed by atoms with Gasteiger partial charge < -0.3 is 5.32 Å². The summed E-state index contributed by atoms with van der Waals surface area (Å²) in [5.41, 5.74) is 0.952. The Balaban J connectivity index is 1.68. The lowest BCUT2D eigenvalue weighted by Crippen LogP contribution is -2.42. The topological polar surface area (TPSA) is 108 Å². The molecule has 2 N–H and O–H groups in total. The fourth-order valence-electron chi connectivity index (χ4n) is 2.93. The molecule has 0 radical (unpaired) electrons. The molecule has 0 atom stereocenters. The van der Waals surface area contributed by atoms with Crippen LogP contribution in [-0.4, -0.2) is 59.2 Å². The zero-order valence-electron chi connectivity index (χ0n) is 17.8. The van der Waals surface area contributed by atoms with Crippen molar-refractivity contribution in [3.63, 3.8) is 0 Å². The summed E-state index contributed by atoms with van der Waals surface area (Å²) in [5, 5.41) is 10.4. The molecule has 12 heteroatoms. The molecule has 0 aliphatic rings. The molecule has 1 heterocycles. The molecule has 0 fully saturated rings. The molecule has 0 saturated heterocycles. The molecule has 2 aromatic carbocycles. The van der Waals surface area contributed by atoms with E-state index >= 15 is 0 Å². The Kier molecular flexibility index (Phi) is 9.16. The van der Waals surface area contributed by atoms with Crippen molar-refractivity contribution >= 4 is 50.9 Å². The van der Waals surface area contributed by atoms with Gasteiger partial charge in [0.05, 0.1) is 11.6 Å². The lowest BCUT2D eigenvalue weighted by Gasteiger charge is -2.22. The van der Waals surface area contributed by atoms with Crippen LogP contribution in [0.15, 0.2) is 58.6 Å². The molecule has 1 amide bonds. The summed E-state index contributed by atoms with van der Waals surface area (Å²) >= 11 is 13.5. The molecule has 3 aromatic rings. The Bertz CT molecular complexity index is 1190. The number of nitrogens with zero attached hydrogens (tertiary/aromatic N) is 3. The van der Waals surface area contributed by atoms with Crippen molar-refractivity contribution in [2.24, 2.45) is 0 Å². The quantitative estimate of drug-likeness (QED) is 0.291. The predicted molar refractivity (Wildman–Crippen MR) is 130 cm³/mol. The number of hydrogen-bond donors (Lipinski definition) is 2. The Morgan fingerprint density at radius 1 is 1.18 bits per heavy atom. The summed E-state index contributed by atoms with van der Waals surface area (Å²) in [6.45, 7) is 1.90. The summed E-state index contributed by atoms with van der Waals surface area (Å²) in [6.07, 6.45) is 0.436. The second kappa shape index (κ2) is 11.8. The Morgan fingerprint density at radius 2 is 1.94 bits per heavy atom. The first-order chi connectivity index (χ1) is 15.8. The van der Waals surface area contributed by atoms with E-state index in [4.69, 9.17) is 23.2 Å². The third-order valence-electron chi connectivity index (χ3n) is 4.56. The van der Waals surface area contributed by atoms with Crippen molar-refractivity contribution in [3.05, 3.63) is 70.0 Å². The van der Waals surface area contributed by atoms with E-state index in [2.05, 4.69) is 20.5 Å². The maximum atomic E-state index is 13.4. The zero-order chi connectivity index (χ0) is 23.8. The third kappa shape index (κ3) is 7.44. The van der Waals surface area contributed by atoms with E-state index in [1.165, 1.54) is 30.0 Å². The Morgan fingerprint density at radius 3 is 2.64 bits per heavy atom. The molecule has 0 aliphatic heterocycles. The average molecular weight is 528 g/mol. The van der Waals surface area contributed by atoms with E-state index in [1.807, 2.05) is 30.3 Å². The molecule has 0 bridgehead atoms. The molecule has 0 unspecified atom stereocenters. The van der Waals surface area contributed by atoms with Crippen molar-refractivity contribution in [2.75, 3.05) is 25.4 Å². The number of aromatic nitrogens is 3. The van der Waals surface area contributed by atoms with Crippen molar-refractivity contribution < 1.29 is 13.2 Å². The van der Waals surface area contributed by atoms with Gasteiger partial charge in [0.2, 0.25) is 21.1 Å². The largest absolute Gasteiger partial charge is 0.354 e. The number of rotatable bonds is 11. The average Bonchev–Trinajstić information content (AvgIpc) is 3.21. The number of aromatic amines is 1. The smallest absolute Gasteiger partial charge is 0.245 e. The number of H-pyrrole nitrogens is 1. The second-order valence-electron chi connectivity index (χ2n) is 7.05. The third-order valence-corrected chi connectivity index (χ3v) is 7.97. The fourth-order valence-corrected chi connectivity index (χ4v) is 5.76. The van der Waals surface area contributed by atoms with Crippen LogP contribution in [-0.2, 0) is 21.2 Å². The van der Waals surface area contributed by atoms with Crippen LogP contribution in [0.3, 0.4) is 0 Å². The number of hydrogen-bond acceptors (Lipinski definition) is 6. The lowest BCUT2D eigenvalue weighted by atomic mass is 10.1. The van der Waals surface area contributed by atoms with Crippen molar-refractivity contribution in [1.82, 2.24) is 24.8 Å². The minimum Gasteiger partial charge on any atom is -0.354 e. The normalized spacial score (nSPS) is 11.6. The summed E-state index contributed by atoms with van der Waals surface area (Å²) in [7, 11) is -4.06. The lowest BCUT2D eigenvalue weighted by molar-refractivity contribution is -0.121. The molecule has 1 aromatic heterocycles. The maximum Gasteiger partial charge on any atom is 0.245 e. The first-order valence-electron chi connectivity index (χ1n) is 10.0. The first kappa shape index (κ1) is 25.5.